The first-order chi connectivity index (χ1) is 11.3. The number of ether oxygens (including phenoxy) is 1. The molecule has 0 radical (unpaired) electrons. The van der Waals surface area contributed by atoms with Crippen molar-refractivity contribution >= 4 is 5.91 Å². The summed E-state index contributed by atoms with van der Waals surface area (Å²) in [5.74, 6) is -0.00579. The zero-order chi connectivity index (χ0) is 17.5. The second-order valence-electron chi connectivity index (χ2n) is 7.97. The molecule has 0 spiro atoms. The summed E-state index contributed by atoms with van der Waals surface area (Å²) in [7, 11) is 3.63. The number of aromatic nitrogens is 2. The molecule has 134 valence electrons. The SMILES string of the molecule is COC1(C)CC(N(C)C(=O)c2ccn(C3CCCNC3)n2)C1(C)C. The van der Waals surface area contributed by atoms with Gasteiger partial charge in [-0.3, -0.25) is 9.48 Å². The van der Waals surface area contributed by atoms with E-state index in [4.69, 9.17) is 4.74 Å². The van der Waals surface area contributed by atoms with E-state index in [9.17, 15) is 4.79 Å². The Morgan fingerprint density at radius 1 is 1.46 bits per heavy atom. The first kappa shape index (κ1) is 17.4. The van der Waals surface area contributed by atoms with Crippen LogP contribution in [0.3, 0.4) is 0 Å². The van der Waals surface area contributed by atoms with Crippen molar-refractivity contribution in [1.29, 1.82) is 0 Å². The number of amides is 1. The largest absolute Gasteiger partial charge is 0.378 e. The highest BCUT2D eigenvalue weighted by Gasteiger charge is 2.59. The van der Waals surface area contributed by atoms with E-state index in [0.29, 0.717) is 11.7 Å². The predicted octanol–water partition coefficient (Wildman–Crippen LogP) is 2.08. The van der Waals surface area contributed by atoms with Gasteiger partial charge in [0.05, 0.1) is 11.6 Å². The molecule has 1 N–H and O–H groups in total. The van der Waals surface area contributed by atoms with E-state index in [1.54, 1.807) is 7.11 Å². The van der Waals surface area contributed by atoms with E-state index in [1.165, 1.54) is 0 Å². The Labute approximate surface area is 144 Å². The maximum absolute atomic E-state index is 12.9. The van der Waals surface area contributed by atoms with Gasteiger partial charge in [0, 0.05) is 38.4 Å². The predicted molar refractivity (Wildman–Crippen MR) is 93.1 cm³/mol. The van der Waals surface area contributed by atoms with Gasteiger partial charge in [-0.15, -0.1) is 0 Å². The molecule has 1 saturated heterocycles. The van der Waals surface area contributed by atoms with E-state index in [0.717, 1.165) is 32.4 Å². The Bertz CT molecular complexity index is 606. The van der Waals surface area contributed by atoms with Crippen molar-refractivity contribution in [2.75, 3.05) is 27.2 Å². The van der Waals surface area contributed by atoms with Gasteiger partial charge in [0.1, 0.15) is 5.69 Å². The Balaban J connectivity index is 1.70. The average molecular weight is 334 g/mol. The Hall–Kier alpha value is -1.40. The first-order valence-corrected chi connectivity index (χ1v) is 8.88. The van der Waals surface area contributed by atoms with Crippen LogP contribution in [0.2, 0.25) is 0 Å². The fourth-order valence-corrected chi connectivity index (χ4v) is 4.11. The lowest BCUT2D eigenvalue weighted by Crippen LogP contribution is -2.68. The fourth-order valence-electron chi connectivity index (χ4n) is 4.11. The second-order valence-corrected chi connectivity index (χ2v) is 7.97. The number of carbonyl (C=O) groups is 1. The van der Waals surface area contributed by atoms with Gasteiger partial charge in [0.2, 0.25) is 0 Å². The van der Waals surface area contributed by atoms with Crippen LogP contribution in [-0.4, -0.2) is 59.5 Å². The van der Waals surface area contributed by atoms with E-state index in [1.807, 2.05) is 28.9 Å². The molecule has 1 aromatic heterocycles. The van der Waals surface area contributed by atoms with Crippen LogP contribution in [0.1, 0.15) is 56.6 Å². The molecule has 6 heteroatoms. The number of methoxy groups -OCH3 is 1. The van der Waals surface area contributed by atoms with Crippen LogP contribution in [0.5, 0.6) is 0 Å². The van der Waals surface area contributed by atoms with Crippen molar-refractivity contribution in [2.45, 2.75) is 57.7 Å². The van der Waals surface area contributed by atoms with Crippen molar-refractivity contribution in [3.8, 4) is 0 Å². The summed E-state index contributed by atoms with van der Waals surface area (Å²) in [4.78, 5) is 14.7. The monoisotopic (exact) mass is 334 g/mol. The molecule has 3 atom stereocenters. The Kier molecular flexibility index (Phi) is 4.47. The van der Waals surface area contributed by atoms with E-state index in [-0.39, 0.29) is 23.0 Å². The normalized spacial score (nSPS) is 32.2. The van der Waals surface area contributed by atoms with Gasteiger partial charge in [-0.1, -0.05) is 13.8 Å². The summed E-state index contributed by atoms with van der Waals surface area (Å²) in [6.07, 6.45) is 5.05. The van der Waals surface area contributed by atoms with Crippen LogP contribution in [0, 0.1) is 5.41 Å². The van der Waals surface area contributed by atoms with Crippen molar-refractivity contribution in [1.82, 2.24) is 20.0 Å². The highest BCUT2D eigenvalue weighted by Crippen LogP contribution is 2.53. The van der Waals surface area contributed by atoms with Gasteiger partial charge in [0.15, 0.2) is 0 Å². The van der Waals surface area contributed by atoms with Crippen LogP contribution in [0.15, 0.2) is 12.3 Å². The molecule has 1 aliphatic heterocycles. The minimum Gasteiger partial charge on any atom is -0.378 e. The van der Waals surface area contributed by atoms with E-state index < -0.39 is 0 Å². The zero-order valence-corrected chi connectivity index (χ0v) is 15.5. The van der Waals surface area contributed by atoms with E-state index >= 15 is 0 Å². The first-order valence-electron chi connectivity index (χ1n) is 8.88. The third-order valence-corrected chi connectivity index (χ3v) is 6.49. The van der Waals surface area contributed by atoms with Gasteiger partial charge in [-0.2, -0.15) is 5.10 Å². The standard InChI is InChI=1S/C18H30N4O2/c1-17(2)15(11-18(17,3)24-5)21(4)16(23)14-8-10-22(20-14)13-7-6-9-19-12-13/h8,10,13,15,19H,6-7,9,11-12H2,1-5H3. The van der Waals surface area contributed by atoms with Crippen LogP contribution >= 0.6 is 0 Å². The van der Waals surface area contributed by atoms with Gasteiger partial charge in [-0.05, 0) is 38.8 Å². The molecule has 1 aromatic rings. The molecular formula is C18H30N4O2. The second kappa shape index (κ2) is 6.15. The lowest BCUT2D eigenvalue weighted by molar-refractivity contribution is -0.198. The summed E-state index contributed by atoms with van der Waals surface area (Å²) in [6, 6.07) is 2.35. The molecule has 2 fully saturated rings. The van der Waals surface area contributed by atoms with Gasteiger partial charge in [-0.25, -0.2) is 0 Å². The van der Waals surface area contributed by atoms with Gasteiger partial charge >= 0.3 is 0 Å². The van der Waals surface area contributed by atoms with Crippen molar-refractivity contribution in [3.63, 3.8) is 0 Å². The minimum atomic E-state index is -0.181. The molecule has 3 unspecified atom stereocenters. The quantitative estimate of drug-likeness (QED) is 0.916. The smallest absolute Gasteiger partial charge is 0.274 e. The van der Waals surface area contributed by atoms with Crippen molar-refractivity contribution in [2.24, 2.45) is 5.41 Å². The molecule has 0 aromatic carbocycles. The van der Waals surface area contributed by atoms with Crippen molar-refractivity contribution in [3.05, 3.63) is 18.0 Å². The maximum Gasteiger partial charge on any atom is 0.274 e. The number of piperidine rings is 1. The highest BCUT2D eigenvalue weighted by molar-refractivity contribution is 5.92. The van der Waals surface area contributed by atoms with Crippen LogP contribution in [-0.2, 0) is 4.74 Å². The number of rotatable bonds is 4. The average Bonchev–Trinajstić information content (AvgIpc) is 3.08. The molecule has 1 amide bonds. The highest BCUT2D eigenvalue weighted by atomic mass is 16.5. The Morgan fingerprint density at radius 3 is 2.79 bits per heavy atom. The van der Waals surface area contributed by atoms with E-state index in [2.05, 4.69) is 31.2 Å². The molecule has 2 heterocycles. The lowest BCUT2D eigenvalue weighted by atomic mass is 9.55. The summed E-state index contributed by atoms with van der Waals surface area (Å²) >= 11 is 0. The van der Waals surface area contributed by atoms with Crippen LogP contribution in [0.4, 0.5) is 0 Å². The number of hydrogen-bond donors (Lipinski definition) is 1. The minimum absolute atomic E-state index is 0.00579. The molecule has 6 nitrogen and oxygen atoms in total. The molecule has 1 aliphatic carbocycles. The summed E-state index contributed by atoms with van der Waals surface area (Å²) in [5.41, 5.74) is 0.270. The molecule has 2 aliphatic rings. The zero-order valence-electron chi connectivity index (χ0n) is 15.5. The molecule has 3 rings (SSSR count). The number of nitrogens with one attached hydrogen (secondary N) is 1. The van der Waals surface area contributed by atoms with Gasteiger partial charge < -0.3 is 15.0 Å². The maximum atomic E-state index is 12.9. The van der Waals surface area contributed by atoms with Crippen LogP contribution < -0.4 is 5.32 Å². The van der Waals surface area contributed by atoms with Gasteiger partial charge in [0.25, 0.3) is 5.91 Å². The van der Waals surface area contributed by atoms with Crippen molar-refractivity contribution < 1.29 is 9.53 Å². The third kappa shape index (κ3) is 2.65. The number of hydrogen-bond acceptors (Lipinski definition) is 4. The van der Waals surface area contributed by atoms with Crippen LogP contribution in [0.25, 0.3) is 0 Å². The molecule has 24 heavy (non-hydrogen) atoms. The molecule has 1 saturated carbocycles. The summed E-state index contributed by atoms with van der Waals surface area (Å²) in [6.45, 7) is 8.45. The Morgan fingerprint density at radius 2 is 2.21 bits per heavy atom. The number of carbonyl (C=O) groups excluding carboxylic acids is 1. The summed E-state index contributed by atoms with van der Waals surface area (Å²) in [5, 5.41) is 7.94. The topological polar surface area (TPSA) is 59.4 Å². The lowest BCUT2D eigenvalue weighted by Gasteiger charge is -2.61. The third-order valence-electron chi connectivity index (χ3n) is 6.49. The number of nitrogens with zero attached hydrogens (tertiary/aromatic N) is 3. The molecular weight excluding hydrogens is 304 g/mol. The molecule has 0 bridgehead atoms. The summed E-state index contributed by atoms with van der Waals surface area (Å²) < 4.78 is 7.62. The fraction of sp³-hybridized carbons (Fsp3) is 0.778.